The Bertz CT molecular complexity index is 166. The number of aliphatic hydroxyl groups is 3. The maximum Gasteiger partial charge on any atom is 0.263 e. The van der Waals surface area contributed by atoms with Crippen LogP contribution in [0.5, 0.6) is 0 Å². The molecule has 1 heterocycles. The first-order valence-electron chi connectivity index (χ1n) is 3.50. The van der Waals surface area contributed by atoms with E-state index in [-0.39, 0.29) is 12.4 Å². The van der Waals surface area contributed by atoms with Gasteiger partial charge in [0.05, 0.1) is 12.7 Å². The second-order valence-electron chi connectivity index (χ2n) is 2.74. The van der Waals surface area contributed by atoms with Crippen LogP contribution in [0, 0.1) is 0 Å². The average molecular weight is 198 g/mol. The number of hydrogen-bond acceptors (Lipinski definition) is 5. The Morgan fingerprint density at radius 1 is 1.58 bits per heavy atom. The van der Waals surface area contributed by atoms with Crippen molar-refractivity contribution in [3.63, 3.8) is 0 Å². The van der Waals surface area contributed by atoms with Crippen molar-refractivity contribution in [3.05, 3.63) is 0 Å². The molecule has 0 aromatic heterocycles. The highest BCUT2D eigenvalue weighted by atomic mass is 32.1. The molecule has 4 atom stereocenters. The molecule has 1 fully saturated rings. The molecule has 3 N–H and O–H groups in total. The number of hydrogen-bond donors (Lipinski definition) is 4. The van der Waals surface area contributed by atoms with E-state index in [1.54, 1.807) is 0 Å². The SMILES string of the molecule is O[C@@H]1[C@@H](CS)OC[C@H](O)[C@]1(O)F. The molecule has 1 rings (SSSR count). The van der Waals surface area contributed by atoms with Crippen molar-refractivity contribution in [1.82, 2.24) is 0 Å². The summed E-state index contributed by atoms with van der Waals surface area (Å²) in [7, 11) is 0. The summed E-state index contributed by atoms with van der Waals surface area (Å²) in [6.45, 7) is -0.338. The van der Waals surface area contributed by atoms with E-state index < -0.39 is 24.2 Å². The molecule has 0 amide bonds. The van der Waals surface area contributed by atoms with Crippen molar-refractivity contribution < 1.29 is 24.4 Å². The lowest BCUT2D eigenvalue weighted by Crippen LogP contribution is -2.60. The Balaban J connectivity index is 2.71. The Morgan fingerprint density at radius 2 is 2.17 bits per heavy atom. The van der Waals surface area contributed by atoms with Gasteiger partial charge in [0.15, 0.2) is 0 Å². The van der Waals surface area contributed by atoms with Gasteiger partial charge in [0, 0.05) is 5.75 Å². The van der Waals surface area contributed by atoms with E-state index in [1.807, 2.05) is 0 Å². The smallest absolute Gasteiger partial charge is 0.263 e. The fraction of sp³-hybridized carbons (Fsp3) is 1.00. The van der Waals surface area contributed by atoms with Gasteiger partial charge in [-0.15, -0.1) is 0 Å². The molecule has 1 saturated heterocycles. The summed E-state index contributed by atoms with van der Waals surface area (Å²) in [5.41, 5.74) is 0. The third-order valence-electron chi connectivity index (χ3n) is 1.88. The van der Waals surface area contributed by atoms with Crippen molar-refractivity contribution in [1.29, 1.82) is 0 Å². The molecule has 0 radical (unpaired) electrons. The first kappa shape index (κ1) is 10.2. The number of halogens is 1. The minimum absolute atomic E-state index is 0.0834. The van der Waals surface area contributed by atoms with Crippen LogP contribution < -0.4 is 0 Å². The zero-order chi connectivity index (χ0) is 9.35. The van der Waals surface area contributed by atoms with E-state index in [0.29, 0.717) is 0 Å². The molecule has 0 bridgehead atoms. The molecule has 12 heavy (non-hydrogen) atoms. The van der Waals surface area contributed by atoms with Gasteiger partial charge < -0.3 is 20.1 Å². The van der Waals surface area contributed by atoms with E-state index in [2.05, 4.69) is 12.6 Å². The van der Waals surface area contributed by atoms with Crippen LogP contribution in [-0.2, 0) is 4.74 Å². The predicted molar refractivity (Wildman–Crippen MR) is 41.7 cm³/mol. The number of rotatable bonds is 1. The third kappa shape index (κ3) is 1.57. The third-order valence-corrected chi connectivity index (χ3v) is 2.24. The number of aliphatic hydroxyl groups excluding tert-OH is 2. The van der Waals surface area contributed by atoms with Crippen LogP contribution in [0.1, 0.15) is 0 Å². The van der Waals surface area contributed by atoms with E-state index in [0.717, 1.165) is 0 Å². The number of alkyl halides is 1. The van der Waals surface area contributed by atoms with Crippen LogP contribution in [0.4, 0.5) is 4.39 Å². The quantitative estimate of drug-likeness (QED) is 0.395. The first-order chi connectivity index (χ1) is 5.50. The highest BCUT2D eigenvalue weighted by Crippen LogP contribution is 2.27. The molecule has 4 nitrogen and oxygen atoms in total. The van der Waals surface area contributed by atoms with Crippen molar-refractivity contribution >= 4 is 12.6 Å². The normalized spacial score (nSPS) is 49.2. The fourth-order valence-electron chi connectivity index (χ4n) is 1.03. The van der Waals surface area contributed by atoms with Gasteiger partial charge in [-0.1, -0.05) is 0 Å². The lowest BCUT2D eigenvalue weighted by molar-refractivity contribution is -0.292. The Kier molecular flexibility index (Phi) is 2.95. The molecule has 1 aliphatic rings. The largest absolute Gasteiger partial charge is 0.385 e. The maximum absolute atomic E-state index is 13.0. The van der Waals surface area contributed by atoms with Crippen LogP contribution in [0.2, 0.25) is 0 Å². The molecule has 0 spiro atoms. The van der Waals surface area contributed by atoms with Crippen LogP contribution in [0.25, 0.3) is 0 Å². The van der Waals surface area contributed by atoms with E-state index in [1.165, 1.54) is 0 Å². The van der Waals surface area contributed by atoms with Gasteiger partial charge in [-0.25, -0.2) is 4.39 Å². The topological polar surface area (TPSA) is 69.9 Å². The molecule has 72 valence electrons. The molecule has 0 aliphatic carbocycles. The molecule has 0 aromatic rings. The standard InChI is InChI=1S/C6H11FO4S/c7-6(10)4(8)1-11-3(2-12)5(6)9/h3-5,8-10,12H,1-2H2/t3-,4+,5-,6-/m1/s1. The monoisotopic (exact) mass is 198 g/mol. The molecular formula is C6H11FO4S. The van der Waals surface area contributed by atoms with Crippen LogP contribution >= 0.6 is 12.6 Å². The summed E-state index contributed by atoms with van der Waals surface area (Å²) in [5.74, 6) is -2.91. The maximum atomic E-state index is 13.0. The van der Waals surface area contributed by atoms with Crippen molar-refractivity contribution in [2.45, 2.75) is 24.2 Å². The van der Waals surface area contributed by atoms with Gasteiger partial charge in [0.1, 0.15) is 12.2 Å². The molecule has 1 aliphatic heterocycles. The van der Waals surface area contributed by atoms with Crippen molar-refractivity contribution in [2.75, 3.05) is 12.4 Å². The molecular weight excluding hydrogens is 187 g/mol. The summed E-state index contributed by atoms with van der Waals surface area (Å²) >= 11 is 3.79. The number of thiol groups is 1. The lowest BCUT2D eigenvalue weighted by Gasteiger charge is -2.38. The minimum Gasteiger partial charge on any atom is -0.385 e. The van der Waals surface area contributed by atoms with Gasteiger partial charge in [0.2, 0.25) is 0 Å². The van der Waals surface area contributed by atoms with Crippen LogP contribution in [0.3, 0.4) is 0 Å². The summed E-state index contributed by atoms with van der Waals surface area (Å²) in [4.78, 5) is 0. The molecule has 0 saturated carbocycles. The van der Waals surface area contributed by atoms with E-state index in [9.17, 15) is 4.39 Å². The lowest BCUT2D eigenvalue weighted by atomic mass is 9.98. The Hall–Kier alpha value is 0.120. The van der Waals surface area contributed by atoms with Gasteiger partial charge in [-0.2, -0.15) is 12.6 Å². The zero-order valence-corrected chi connectivity index (χ0v) is 7.12. The highest BCUT2D eigenvalue weighted by Gasteiger charge is 2.51. The van der Waals surface area contributed by atoms with Crippen molar-refractivity contribution in [2.24, 2.45) is 0 Å². The Morgan fingerprint density at radius 3 is 2.67 bits per heavy atom. The van der Waals surface area contributed by atoms with Crippen LogP contribution in [0.15, 0.2) is 0 Å². The second kappa shape index (κ2) is 3.47. The molecule has 0 aromatic carbocycles. The van der Waals surface area contributed by atoms with Crippen molar-refractivity contribution in [3.8, 4) is 0 Å². The summed E-state index contributed by atoms with van der Waals surface area (Å²) in [5, 5.41) is 26.9. The summed E-state index contributed by atoms with van der Waals surface area (Å²) in [6.07, 6.45) is -4.34. The van der Waals surface area contributed by atoms with Crippen LogP contribution in [-0.4, -0.2) is 51.8 Å². The average Bonchev–Trinajstić information content (AvgIpc) is 2.02. The molecule has 6 heteroatoms. The molecule has 0 unspecified atom stereocenters. The van der Waals surface area contributed by atoms with Gasteiger partial charge >= 0.3 is 0 Å². The van der Waals surface area contributed by atoms with E-state index >= 15 is 0 Å². The minimum atomic E-state index is -2.99. The zero-order valence-electron chi connectivity index (χ0n) is 6.22. The fourth-order valence-corrected chi connectivity index (χ4v) is 1.34. The number of ether oxygens (including phenoxy) is 1. The van der Waals surface area contributed by atoms with Gasteiger partial charge in [-0.05, 0) is 0 Å². The highest BCUT2D eigenvalue weighted by molar-refractivity contribution is 7.80. The predicted octanol–water partition coefficient (Wildman–Crippen LogP) is -1.31. The second-order valence-corrected chi connectivity index (χ2v) is 3.11. The van der Waals surface area contributed by atoms with Gasteiger partial charge in [0.25, 0.3) is 5.85 Å². The first-order valence-corrected chi connectivity index (χ1v) is 4.13. The van der Waals surface area contributed by atoms with E-state index in [4.69, 9.17) is 20.1 Å². The van der Waals surface area contributed by atoms with Gasteiger partial charge in [-0.3, -0.25) is 0 Å². The summed E-state index contributed by atoms with van der Waals surface area (Å²) in [6, 6.07) is 0. The Labute approximate surface area is 74.4 Å². The summed E-state index contributed by atoms with van der Waals surface area (Å²) < 4.78 is 17.8.